The molecule has 0 atom stereocenters. The number of phenolic OH excluding ortho intramolecular Hbond substituents is 1. The van der Waals surface area contributed by atoms with Gasteiger partial charge in [0.05, 0.1) is 11.4 Å². The molecule has 1 fully saturated rings. The predicted octanol–water partition coefficient (Wildman–Crippen LogP) is 2.90. The van der Waals surface area contributed by atoms with Crippen molar-refractivity contribution < 1.29 is 5.11 Å². The predicted molar refractivity (Wildman–Crippen MR) is 99.2 cm³/mol. The molecule has 0 unspecified atom stereocenters. The van der Waals surface area contributed by atoms with Crippen LogP contribution in [0.3, 0.4) is 0 Å². The third kappa shape index (κ3) is 3.51. The van der Waals surface area contributed by atoms with Gasteiger partial charge in [-0.1, -0.05) is 24.3 Å². The van der Waals surface area contributed by atoms with Crippen molar-refractivity contribution in [3.8, 4) is 11.4 Å². The number of piperazine rings is 1. The maximum Gasteiger partial charge on any atom is 0.138 e. The van der Waals surface area contributed by atoms with Gasteiger partial charge in [-0.3, -0.25) is 4.90 Å². The third-order valence-corrected chi connectivity index (χ3v) is 4.71. The largest absolute Gasteiger partial charge is 0.506 e. The summed E-state index contributed by atoms with van der Waals surface area (Å²) in [7, 11) is 0. The smallest absolute Gasteiger partial charge is 0.138 e. The summed E-state index contributed by atoms with van der Waals surface area (Å²) >= 11 is 0. The number of phenols is 1. The van der Waals surface area contributed by atoms with Gasteiger partial charge in [-0.15, -0.1) is 0 Å². The van der Waals surface area contributed by atoms with E-state index in [0.717, 1.165) is 44.1 Å². The van der Waals surface area contributed by atoms with Crippen molar-refractivity contribution in [1.29, 1.82) is 0 Å². The molecule has 1 aliphatic heterocycles. The fraction of sp³-hybridized carbons (Fsp3) is 0.250. The SMILES string of the molecule is Oc1ccccc1N1CCN(Cc2ccc(-n3cccn3)cc2)CC1. The van der Waals surface area contributed by atoms with Crippen LogP contribution in [0.2, 0.25) is 0 Å². The van der Waals surface area contributed by atoms with E-state index in [1.807, 2.05) is 35.1 Å². The van der Waals surface area contributed by atoms with Gasteiger partial charge in [-0.2, -0.15) is 5.10 Å². The van der Waals surface area contributed by atoms with E-state index >= 15 is 0 Å². The summed E-state index contributed by atoms with van der Waals surface area (Å²) in [5.41, 5.74) is 3.33. The Bertz CT molecular complexity index is 806. The number of anilines is 1. The molecule has 5 heteroatoms. The van der Waals surface area contributed by atoms with Gasteiger partial charge in [-0.05, 0) is 35.9 Å². The number of aromatic hydroxyl groups is 1. The highest BCUT2D eigenvalue weighted by atomic mass is 16.3. The van der Waals surface area contributed by atoms with Crippen molar-refractivity contribution in [3.63, 3.8) is 0 Å². The van der Waals surface area contributed by atoms with Crippen LogP contribution in [0.5, 0.6) is 5.75 Å². The zero-order valence-electron chi connectivity index (χ0n) is 14.1. The Labute approximate surface area is 147 Å². The van der Waals surface area contributed by atoms with E-state index in [0.29, 0.717) is 5.75 Å². The Balaban J connectivity index is 1.35. The van der Waals surface area contributed by atoms with E-state index < -0.39 is 0 Å². The van der Waals surface area contributed by atoms with Crippen LogP contribution in [0.1, 0.15) is 5.56 Å². The van der Waals surface area contributed by atoms with Crippen LogP contribution in [0, 0.1) is 0 Å². The first-order valence-corrected chi connectivity index (χ1v) is 8.64. The number of hydrogen-bond donors (Lipinski definition) is 1. The van der Waals surface area contributed by atoms with Crippen molar-refractivity contribution in [2.75, 3.05) is 31.1 Å². The summed E-state index contributed by atoms with van der Waals surface area (Å²) in [6.07, 6.45) is 3.74. The lowest BCUT2D eigenvalue weighted by Crippen LogP contribution is -2.45. The van der Waals surface area contributed by atoms with Gasteiger partial charge in [0.25, 0.3) is 0 Å². The molecular formula is C20H22N4O. The van der Waals surface area contributed by atoms with Crippen LogP contribution in [0.25, 0.3) is 5.69 Å². The van der Waals surface area contributed by atoms with Gasteiger partial charge in [0.15, 0.2) is 0 Å². The van der Waals surface area contributed by atoms with Gasteiger partial charge in [-0.25, -0.2) is 4.68 Å². The molecule has 2 aromatic carbocycles. The van der Waals surface area contributed by atoms with Crippen molar-refractivity contribution in [2.24, 2.45) is 0 Å². The van der Waals surface area contributed by atoms with Gasteiger partial charge in [0, 0.05) is 45.1 Å². The van der Waals surface area contributed by atoms with E-state index in [4.69, 9.17) is 0 Å². The first-order chi connectivity index (χ1) is 12.3. The minimum atomic E-state index is 0.366. The third-order valence-electron chi connectivity index (χ3n) is 4.71. The van der Waals surface area contributed by atoms with Crippen LogP contribution in [0.15, 0.2) is 67.0 Å². The summed E-state index contributed by atoms with van der Waals surface area (Å²) in [6, 6.07) is 18.1. The summed E-state index contributed by atoms with van der Waals surface area (Å²) in [4.78, 5) is 4.71. The van der Waals surface area contributed by atoms with Crippen molar-refractivity contribution in [1.82, 2.24) is 14.7 Å². The standard InChI is InChI=1S/C20H22N4O/c25-20-5-2-1-4-19(20)23-14-12-22(13-15-23)16-17-6-8-18(9-7-17)24-11-3-10-21-24/h1-11,25H,12-16H2. The molecule has 128 valence electrons. The number of aromatic nitrogens is 2. The van der Waals surface area contributed by atoms with Crippen LogP contribution in [-0.2, 0) is 6.54 Å². The van der Waals surface area contributed by atoms with Crippen molar-refractivity contribution >= 4 is 5.69 Å². The fourth-order valence-corrected chi connectivity index (χ4v) is 3.31. The molecule has 0 amide bonds. The molecule has 0 saturated carbocycles. The van der Waals surface area contributed by atoms with E-state index in [9.17, 15) is 5.11 Å². The molecule has 3 aromatic rings. The monoisotopic (exact) mass is 334 g/mol. The Morgan fingerprint density at radius 2 is 1.64 bits per heavy atom. The fourth-order valence-electron chi connectivity index (χ4n) is 3.31. The zero-order chi connectivity index (χ0) is 17.1. The number of nitrogens with zero attached hydrogens (tertiary/aromatic N) is 4. The second-order valence-corrected chi connectivity index (χ2v) is 6.37. The Morgan fingerprint density at radius 1 is 0.880 bits per heavy atom. The van der Waals surface area contributed by atoms with E-state index in [2.05, 4.69) is 39.2 Å². The topological polar surface area (TPSA) is 44.5 Å². The molecule has 4 rings (SSSR count). The maximum atomic E-state index is 10.0. The van der Waals surface area contributed by atoms with Gasteiger partial charge < -0.3 is 10.0 Å². The molecule has 1 N–H and O–H groups in total. The number of rotatable bonds is 4. The second kappa shape index (κ2) is 6.99. The molecule has 2 heterocycles. The highest BCUT2D eigenvalue weighted by Gasteiger charge is 2.19. The molecule has 0 radical (unpaired) electrons. The number of hydrogen-bond acceptors (Lipinski definition) is 4. The van der Waals surface area contributed by atoms with E-state index in [1.165, 1.54) is 5.56 Å². The normalized spacial score (nSPS) is 15.4. The Hall–Kier alpha value is -2.79. The van der Waals surface area contributed by atoms with E-state index in [-0.39, 0.29) is 0 Å². The molecule has 0 aliphatic carbocycles. The van der Waals surface area contributed by atoms with Crippen LogP contribution >= 0.6 is 0 Å². The first-order valence-electron chi connectivity index (χ1n) is 8.64. The lowest BCUT2D eigenvalue weighted by atomic mass is 10.1. The molecule has 0 spiro atoms. The zero-order valence-corrected chi connectivity index (χ0v) is 14.1. The Morgan fingerprint density at radius 3 is 2.32 bits per heavy atom. The van der Waals surface area contributed by atoms with Crippen LogP contribution in [-0.4, -0.2) is 46.0 Å². The summed E-state index contributed by atoms with van der Waals surface area (Å²) < 4.78 is 1.87. The summed E-state index contributed by atoms with van der Waals surface area (Å²) in [5.74, 6) is 0.366. The highest BCUT2D eigenvalue weighted by molar-refractivity contribution is 5.57. The molecule has 5 nitrogen and oxygen atoms in total. The lowest BCUT2D eigenvalue weighted by Gasteiger charge is -2.36. The molecular weight excluding hydrogens is 312 g/mol. The first kappa shape index (κ1) is 15.7. The van der Waals surface area contributed by atoms with Crippen LogP contribution in [0.4, 0.5) is 5.69 Å². The minimum Gasteiger partial charge on any atom is -0.506 e. The van der Waals surface area contributed by atoms with Gasteiger partial charge in [0.2, 0.25) is 0 Å². The van der Waals surface area contributed by atoms with Crippen molar-refractivity contribution in [2.45, 2.75) is 6.54 Å². The van der Waals surface area contributed by atoms with Gasteiger partial charge >= 0.3 is 0 Å². The quantitative estimate of drug-likeness (QED) is 0.797. The molecule has 1 aromatic heterocycles. The van der Waals surface area contributed by atoms with Crippen molar-refractivity contribution in [3.05, 3.63) is 72.6 Å². The van der Waals surface area contributed by atoms with E-state index in [1.54, 1.807) is 12.3 Å². The average molecular weight is 334 g/mol. The molecule has 25 heavy (non-hydrogen) atoms. The highest BCUT2D eigenvalue weighted by Crippen LogP contribution is 2.27. The minimum absolute atomic E-state index is 0.366. The lowest BCUT2D eigenvalue weighted by molar-refractivity contribution is 0.249. The second-order valence-electron chi connectivity index (χ2n) is 6.37. The molecule has 1 aliphatic rings. The summed E-state index contributed by atoms with van der Waals surface area (Å²) in [5, 5.41) is 14.3. The molecule has 1 saturated heterocycles. The maximum absolute atomic E-state index is 10.0. The average Bonchev–Trinajstić information content (AvgIpc) is 3.18. The number of para-hydroxylation sites is 2. The van der Waals surface area contributed by atoms with Gasteiger partial charge in [0.1, 0.15) is 5.75 Å². The van der Waals surface area contributed by atoms with Crippen LogP contribution < -0.4 is 4.90 Å². The Kier molecular flexibility index (Phi) is 4.39. The summed E-state index contributed by atoms with van der Waals surface area (Å²) in [6.45, 7) is 4.81. The number of benzene rings is 2. The molecule has 0 bridgehead atoms.